The molecule has 0 unspecified atom stereocenters. The van der Waals surface area contributed by atoms with E-state index in [2.05, 4.69) is 10.1 Å². The van der Waals surface area contributed by atoms with Crippen LogP contribution in [0, 0.1) is 0 Å². The third-order valence-corrected chi connectivity index (χ3v) is 3.51. The third-order valence-electron chi connectivity index (χ3n) is 3.51. The summed E-state index contributed by atoms with van der Waals surface area (Å²) in [4.78, 5) is 35.7. The summed E-state index contributed by atoms with van der Waals surface area (Å²) in [5, 5.41) is 2.69. The molecule has 0 heterocycles. The first-order valence-corrected chi connectivity index (χ1v) is 7.67. The summed E-state index contributed by atoms with van der Waals surface area (Å²) in [6, 6.07) is 15.6. The van der Waals surface area contributed by atoms with Gasteiger partial charge in [0.05, 0.1) is 18.4 Å². The van der Waals surface area contributed by atoms with Gasteiger partial charge in [0, 0.05) is 18.4 Å². The second-order valence-corrected chi connectivity index (χ2v) is 5.23. The van der Waals surface area contributed by atoms with Gasteiger partial charge in [0.1, 0.15) is 0 Å². The largest absolute Gasteiger partial charge is 0.465 e. The molecular weight excluding hydrogens is 306 g/mol. The van der Waals surface area contributed by atoms with E-state index in [9.17, 15) is 14.4 Å². The Labute approximate surface area is 140 Å². The number of anilines is 1. The highest BCUT2D eigenvalue weighted by molar-refractivity contribution is 6.01. The zero-order chi connectivity index (χ0) is 17.4. The summed E-state index contributed by atoms with van der Waals surface area (Å²) in [5.74, 6) is -0.740. The molecule has 24 heavy (non-hydrogen) atoms. The van der Waals surface area contributed by atoms with E-state index in [1.165, 1.54) is 7.11 Å². The lowest BCUT2D eigenvalue weighted by Gasteiger charge is -2.09. The fraction of sp³-hybridized carbons (Fsp3) is 0.211. The average Bonchev–Trinajstić information content (AvgIpc) is 2.62. The molecule has 0 bridgehead atoms. The predicted molar refractivity (Wildman–Crippen MR) is 91.0 cm³/mol. The van der Waals surface area contributed by atoms with Gasteiger partial charge in [-0.05, 0) is 18.6 Å². The smallest absolute Gasteiger partial charge is 0.339 e. The number of ether oxygens (including phenoxy) is 1. The number of rotatable bonds is 7. The van der Waals surface area contributed by atoms with E-state index in [-0.39, 0.29) is 18.1 Å². The lowest BCUT2D eigenvalue weighted by molar-refractivity contribution is -0.116. The van der Waals surface area contributed by atoms with Gasteiger partial charge in [-0.25, -0.2) is 4.79 Å². The number of para-hydroxylation sites is 1. The number of methoxy groups -OCH3 is 1. The Kier molecular flexibility index (Phi) is 6.25. The Morgan fingerprint density at radius 3 is 2.29 bits per heavy atom. The van der Waals surface area contributed by atoms with Crippen LogP contribution in [0.25, 0.3) is 0 Å². The Morgan fingerprint density at radius 2 is 1.58 bits per heavy atom. The van der Waals surface area contributed by atoms with Gasteiger partial charge in [-0.1, -0.05) is 42.5 Å². The molecule has 5 heteroatoms. The highest BCUT2D eigenvalue weighted by Crippen LogP contribution is 2.17. The fourth-order valence-electron chi connectivity index (χ4n) is 2.27. The molecule has 0 saturated carbocycles. The van der Waals surface area contributed by atoms with Crippen LogP contribution in [0.3, 0.4) is 0 Å². The zero-order valence-corrected chi connectivity index (χ0v) is 13.5. The number of ketones is 1. The van der Waals surface area contributed by atoms with Gasteiger partial charge in [-0.2, -0.15) is 0 Å². The summed E-state index contributed by atoms with van der Waals surface area (Å²) in [6.45, 7) is 0. The van der Waals surface area contributed by atoms with Crippen molar-refractivity contribution in [1.29, 1.82) is 0 Å². The quantitative estimate of drug-likeness (QED) is 0.625. The molecule has 5 nitrogen and oxygen atoms in total. The lowest BCUT2D eigenvalue weighted by atomic mass is 10.1. The zero-order valence-electron chi connectivity index (χ0n) is 13.5. The minimum atomic E-state index is -0.509. The predicted octanol–water partition coefficient (Wildman–Crippen LogP) is 3.46. The van der Waals surface area contributed by atoms with E-state index in [4.69, 9.17) is 0 Å². The molecule has 0 saturated heterocycles. The van der Waals surface area contributed by atoms with Gasteiger partial charge in [0.25, 0.3) is 0 Å². The van der Waals surface area contributed by atoms with E-state index in [0.29, 0.717) is 29.7 Å². The molecule has 0 aliphatic carbocycles. The number of hydrogen-bond acceptors (Lipinski definition) is 4. The van der Waals surface area contributed by atoms with Crippen LogP contribution in [0.1, 0.15) is 40.0 Å². The Balaban J connectivity index is 1.86. The SMILES string of the molecule is COC(=O)c1ccccc1NC(=O)CCCC(=O)c1ccccc1. The van der Waals surface area contributed by atoms with Crippen molar-refractivity contribution in [2.24, 2.45) is 0 Å². The highest BCUT2D eigenvalue weighted by atomic mass is 16.5. The number of hydrogen-bond donors (Lipinski definition) is 1. The summed E-state index contributed by atoms with van der Waals surface area (Å²) in [7, 11) is 1.29. The molecule has 2 aromatic rings. The molecule has 2 aromatic carbocycles. The topological polar surface area (TPSA) is 72.5 Å². The van der Waals surface area contributed by atoms with Crippen LogP contribution in [0.2, 0.25) is 0 Å². The summed E-state index contributed by atoms with van der Waals surface area (Å²) >= 11 is 0. The van der Waals surface area contributed by atoms with Crippen LogP contribution in [0.15, 0.2) is 54.6 Å². The molecule has 0 spiro atoms. The number of benzene rings is 2. The first-order chi connectivity index (χ1) is 11.6. The van der Waals surface area contributed by atoms with Crippen molar-refractivity contribution in [3.8, 4) is 0 Å². The van der Waals surface area contributed by atoms with E-state index in [1.807, 2.05) is 18.2 Å². The van der Waals surface area contributed by atoms with E-state index < -0.39 is 5.97 Å². The maximum Gasteiger partial charge on any atom is 0.339 e. The minimum Gasteiger partial charge on any atom is -0.465 e. The molecule has 1 N–H and O–H groups in total. The van der Waals surface area contributed by atoms with Crippen LogP contribution in [-0.4, -0.2) is 24.8 Å². The van der Waals surface area contributed by atoms with Gasteiger partial charge in [-0.3, -0.25) is 9.59 Å². The number of esters is 1. The molecule has 0 aliphatic heterocycles. The minimum absolute atomic E-state index is 0.0124. The Hall–Kier alpha value is -2.95. The van der Waals surface area contributed by atoms with Crippen molar-refractivity contribution in [3.05, 3.63) is 65.7 Å². The van der Waals surface area contributed by atoms with Crippen LogP contribution in [0.5, 0.6) is 0 Å². The molecular formula is C19H19NO4. The standard InChI is InChI=1S/C19H19NO4/c1-24-19(23)15-10-5-6-11-16(15)20-18(22)13-7-12-17(21)14-8-3-2-4-9-14/h2-6,8-11H,7,12-13H2,1H3,(H,20,22). The number of nitrogens with one attached hydrogen (secondary N) is 1. The molecule has 0 radical (unpaired) electrons. The Bertz CT molecular complexity index is 725. The van der Waals surface area contributed by atoms with Gasteiger partial charge in [0.2, 0.25) is 5.91 Å². The second-order valence-electron chi connectivity index (χ2n) is 5.23. The maximum atomic E-state index is 12.0. The van der Waals surface area contributed by atoms with E-state index in [1.54, 1.807) is 36.4 Å². The number of carbonyl (C=O) groups excluding carboxylic acids is 3. The second kappa shape index (κ2) is 8.62. The number of carbonyl (C=O) groups is 3. The summed E-state index contributed by atoms with van der Waals surface area (Å²) in [5.41, 5.74) is 1.35. The van der Waals surface area contributed by atoms with Crippen molar-refractivity contribution in [1.82, 2.24) is 0 Å². The number of amides is 1. The van der Waals surface area contributed by atoms with Crippen LogP contribution in [-0.2, 0) is 9.53 Å². The monoisotopic (exact) mass is 325 g/mol. The number of Topliss-reactive ketones (excluding diaryl/α,β-unsaturated/α-hetero) is 1. The van der Waals surface area contributed by atoms with Crippen molar-refractivity contribution < 1.29 is 19.1 Å². The normalized spacial score (nSPS) is 10.0. The van der Waals surface area contributed by atoms with Crippen LogP contribution in [0.4, 0.5) is 5.69 Å². The van der Waals surface area contributed by atoms with Crippen molar-refractivity contribution in [2.45, 2.75) is 19.3 Å². The van der Waals surface area contributed by atoms with Crippen LogP contribution < -0.4 is 5.32 Å². The van der Waals surface area contributed by atoms with Gasteiger partial charge in [0.15, 0.2) is 5.78 Å². The highest BCUT2D eigenvalue weighted by Gasteiger charge is 2.13. The maximum absolute atomic E-state index is 12.0. The molecule has 0 aliphatic rings. The van der Waals surface area contributed by atoms with E-state index >= 15 is 0 Å². The lowest BCUT2D eigenvalue weighted by Crippen LogP contribution is -2.15. The summed E-state index contributed by atoms with van der Waals surface area (Å²) in [6.07, 6.45) is 0.949. The Morgan fingerprint density at radius 1 is 0.917 bits per heavy atom. The van der Waals surface area contributed by atoms with E-state index in [0.717, 1.165) is 0 Å². The first-order valence-electron chi connectivity index (χ1n) is 7.67. The third kappa shape index (κ3) is 4.78. The van der Waals surface area contributed by atoms with Crippen molar-refractivity contribution in [3.63, 3.8) is 0 Å². The molecule has 2 rings (SSSR count). The van der Waals surface area contributed by atoms with Gasteiger partial charge < -0.3 is 10.1 Å². The van der Waals surface area contributed by atoms with Gasteiger partial charge >= 0.3 is 5.97 Å². The fourth-order valence-corrected chi connectivity index (χ4v) is 2.27. The molecule has 1 amide bonds. The van der Waals surface area contributed by atoms with Crippen molar-refractivity contribution >= 4 is 23.3 Å². The molecule has 0 atom stereocenters. The van der Waals surface area contributed by atoms with Gasteiger partial charge in [-0.15, -0.1) is 0 Å². The van der Waals surface area contributed by atoms with Crippen molar-refractivity contribution in [2.75, 3.05) is 12.4 Å². The molecule has 0 aromatic heterocycles. The average molecular weight is 325 g/mol. The molecule has 124 valence electrons. The molecule has 0 fully saturated rings. The van der Waals surface area contributed by atoms with Crippen LogP contribution >= 0.6 is 0 Å². The summed E-state index contributed by atoms with van der Waals surface area (Å²) < 4.78 is 4.69. The first kappa shape index (κ1) is 17.4.